The quantitative estimate of drug-likeness (QED) is 0.760. The molecule has 0 fully saturated rings. The van der Waals surface area contributed by atoms with Crippen LogP contribution in [0.5, 0.6) is 0 Å². The number of benzene rings is 2. The third-order valence-electron chi connectivity index (χ3n) is 3.80. The molecule has 0 aromatic heterocycles. The van der Waals surface area contributed by atoms with Gasteiger partial charge < -0.3 is 5.32 Å². The predicted molar refractivity (Wildman–Crippen MR) is 94.5 cm³/mol. The minimum absolute atomic E-state index is 0.216. The van der Waals surface area contributed by atoms with Crippen LogP contribution in [-0.4, -0.2) is 0 Å². The Labute approximate surface area is 136 Å². The van der Waals surface area contributed by atoms with E-state index < -0.39 is 0 Å². The van der Waals surface area contributed by atoms with Crippen molar-refractivity contribution in [2.75, 3.05) is 0 Å². The van der Waals surface area contributed by atoms with Gasteiger partial charge in [0, 0.05) is 17.1 Å². The Bertz CT molecular complexity index is 581. The second-order valence-corrected chi connectivity index (χ2v) is 7.43. The third kappa shape index (κ3) is 4.42. The van der Waals surface area contributed by atoms with Gasteiger partial charge >= 0.3 is 0 Å². The lowest BCUT2D eigenvalue weighted by Gasteiger charge is -2.20. The molecule has 0 saturated heterocycles. The van der Waals surface area contributed by atoms with Crippen molar-refractivity contribution in [2.24, 2.45) is 0 Å². The first-order chi connectivity index (χ1) is 9.88. The van der Waals surface area contributed by atoms with Gasteiger partial charge in [-0.1, -0.05) is 79.2 Å². The van der Waals surface area contributed by atoms with Gasteiger partial charge in [-0.3, -0.25) is 0 Å². The van der Waals surface area contributed by atoms with Crippen LogP contribution in [0.4, 0.5) is 0 Å². The standard InChI is InChI=1S/C19H24BrN/c1-14(17-7-5-6-8-18(17)20)21-13-15-9-11-16(12-10-15)19(2,3)4/h5-12,14,21H,13H2,1-4H3/t14-/m1/s1. The van der Waals surface area contributed by atoms with Gasteiger partial charge in [-0.15, -0.1) is 0 Å². The van der Waals surface area contributed by atoms with E-state index in [2.05, 4.69) is 91.4 Å². The Kier molecular flexibility index (Phi) is 5.23. The first kappa shape index (κ1) is 16.3. The zero-order chi connectivity index (χ0) is 15.5. The predicted octanol–water partition coefficient (Wildman–Crippen LogP) is 5.60. The van der Waals surface area contributed by atoms with Gasteiger partial charge in [0.1, 0.15) is 0 Å². The molecule has 0 bridgehead atoms. The molecule has 1 atom stereocenters. The van der Waals surface area contributed by atoms with Crippen molar-refractivity contribution in [2.45, 2.75) is 45.7 Å². The molecule has 2 heteroatoms. The lowest BCUT2D eigenvalue weighted by Crippen LogP contribution is -2.18. The molecule has 0 aliphatic heterocycles. The molecule has 0 amide bonds. The van der Waals surface area contributed by atoms with Crippen LogP contribution < -0.4 is 5.32 Å². The van der Waals surface area contributed by atoms with E-state index >= 15 is 0 Å². The van der Waals surface area contributed by atoms with Crippen molar-refractivity contribution in [3.8, 4) is 0 Å². The molecule has 112 valence electrons. The van der Waals surface area contributed by atoms with Gasteiger partial charge in [0.15, 0.2) is 0 Å². The van der Waals surface area contributed by atoms with Gasteiger partial charge in [-0.25, -0.2) is 0 Å². The first-order valence-corrected chi connectivity index (χ1v) is 8.24. The summed E-state index contributed by atoms with van der Waals surface area (Å²) in [5.74, 6) is 0. The molecule has 0 aliphatic rings. The maximum absolute atomic E-state index is 3.61. The van der Waals surface area contributed by atoms with E-state index in [0.29, 0.717) is 6.04 Å². The Balaban J connectivity index is 1.99. The van der Waals surface area contributed by atoms with Crippen LogP contribution in [0.25, 0.3) is 0 Å². The van der Waals surface area contributed by atoms with Crippen molar-refractivity contribution in [1.29, 1.82) is 0 Å². The molecule has 21 heavy (non-hydrogen) atoms. The lowest BCUT2D eigenvalue weighted by molar-refractivity contribution is 0.570. The second kappa shape index (κ2) is 6.76. The van der Waals surface area contributed by atoms with Crippen LogP contribution >= 0.6 is 15.9 Å². The Morgan fingerprint density at radius 3 is 2.19 bits per heavy atom. The molecular weight excluding hydrogens is 322 g/mol. The van der Waals surface area contributed by atoms with Gasteiger partial charge in [-0.2, -0.15) is 0 Å². The summed E-state index contributed by atoms with van der Waals surface area (Å²) in [6, 6.07) is 17.6. The summed E-state index contributed by atoms with van der Waals surface area (Å²) in [5.41, 5.74) is 4.21. The SMILES string of the molecule is C[C@@H](NCc1ccc(C(C)(C)C)cc1)c1ccccc1Br. The smallest absolute Gasteiger partial charge is 0.0306 e. The molecular formula is C19H24BrN. The van der Waals surface area contributed by atoms with Crippen molar-refractivity contribution >= 4 is 15.9 Å². The normalized spacial score (nSPS) is 13.2. The maximum atomic E-state index is 3.61. The van der Waals surface area contributed by atoms with Crippen LogP contribution in [0.15, 0.2) is 53.0 Å². The highest BCUT2D eigenvalue weighted by molar-refractivity contribution is 9.10. The van der Waals surface area contributed by atoms with E-state index in [-0.39, 0.29) is 5.41 Å². The second-order valence-electron chi connectivity index (χ2n) is 6.57. The zero-order valence-corrected chi connectivity index (χ0v) is 14.9. The van der Waals surface area contributed by atoms with Gasteiger partial charge in [0.25, 0.3) is 0 Å². The Morgan fingerprint density at radius 2 is 1.62 bits per heavy atom. The van der Waals surface area contributed by atoms with Crippen molar-refractivity contribution in [3.63, 3.8) is 0 Å². The molecule has 0 saturated carbocycles. The first-order valence-electron chi connectivity index (χ1n) is 7.45. The Hall–Kier alpha value is -1.12. The highest BCUT2D eigenvalue weighted by Crippen LogP contribution is 2.24. The summed E-state index contributed by atoms with van der Waals surface area (Å²) >= 11 is 3.61. The molecule has 2 aromatic carbocycles. The molecule has 2 aromatic rings. The maximum Gasteiger partial charge on any atom is 0.0306 e. The van der Waals surface area contributed by atoms with Crippen LogP contribution in [0.2, 0.25) is 0 Å². The van der Waals surface area contributed by atoms with Crippen LogP contribution in [0, 0.1) is 0 Å². The van der Waals surface area contributed by atoms with Crippen molar-refractivity contribution < 1.29 is 0 Å². The largest absolute Gasteiger partial charge is 0.306 e. The number of nitrogens with one attached hydrogen (secondary N) is 1. The van der Waals surface area contributed by atoms with Gasteiger partial charge in [-0.05, 0) is 35.1 Å². The molecule has 1 N–H and O–H groups in total. The summed E-state index contributed by atoms with van der Waals surface area (Å²) in [6.07, 6.45) is 0. The molecule has 1 nitrogen and oxygen atoms in total. The fourth-order valence-electron chi connectivity index (χ4n) is 2.33. The van der Waals surface area contributed by atoms with Crippen molar-refractivity contribution in [1.82, 2.24) is 5.32 Å². The summed E-state index contributed by atoms with van der Waals surface area (Å²) in [5, 5.41) is 3.58. The minimum atomic E-state index is 0.216. The lowest BCUT2D eigenvalue weighted by atomic mass is 9.87. The number of hydrogen-bond acceptors (Lipinski definition) is 1. The Morgan fingerprint density at radius 1 is 1.00 bits per heavy atom. The van der Waals surface area contributed by atoms with E-state index in [1.54, 1.807) is 0 Å². The molecule has 0 spiro atoms. The summed E-state index contributed by atoms with van der Waals surface area (Å²) in [6.45, 7) is 9.82. The highest BCUT2D eigenvalue weighted by atomic mass is 79.9. The zero-order valence-electron chi connectivity index (χ0n) is 13.3. The molecule has 2 rings (SSSR count). The number of hydrogen-bond donors (Lipinski definition) is 1. The van der Waals surface area contributed by atoms with E-state index in [0.717, 1.165) is 11.0 Å². The average Bonchev–Trinajstić information content (AvgIpc) is 2.45. The van der Waals surface area contributed by atoms with Crippen LogP contribution in [0.3, 0.4) is 0 Å². The molecule has 0 aliphatic carbocycles. The molecule has 0 unspecified atom stereocenters. The monoisotopic (exact) mass is 345 g/mol. The van der Waals surface area contributed by atoms with E-state index in [4.69, 9.17) is 0 Å². The van der Waals surface area contributed by atoms with Gasteiger partial charge in [0.05, 0.1) is 0 Å². The molecule has 0 radical (unpaired) electrons. The minimum Gasteiger partial charge on any atom is -0.306 e. The third-order valence-corrected chi connectivity index (χ3v) is 4.53. The fraction of sp³-hybridized carbons (Fsp3) is 0.368. The van der Waals surface area contributed by atoms with E-state index in [1.807, 2.05) is 6.07 Å². The van der Waals surface area contributed by atoms with Crippen LogP contribution in [0.1, 0.15) is 50.4 Å². The fourth-order valence-corrected chi connectivity index (χ4v) is 2.96. The van der Waals surface area contributed by atoms with E-state index in [9.17, 15) is 0 Å². The summed E-state index contributed by atoms with van der Waals surface area (Å²) < 4.78 is 1.16. The average molecular weight is 346 g/mol. The van der Waals surface area contributed by atoms with E-state index in [1.165, 1.54) is 16.7 Å². The van der Waals surface area contributed by atoms with Crippen molar-refractivity contribution in [3.05, 3.63) is 69.7 Å². The number of halogens is 1. The highest BCUT2D eigenvalue weighted by Gasteiger charge is 2.13. The van der Waals surface area contributed by atoms with Crippen LogP contribution in [-0.2, 0) is 12.0 Å². The topological polar surface area (TPSA) is 12.0 Å². The summed E-state index contributed by atoms with van der Waals surface area (Å²) in [4.78, 5) is 0. The summed E-state index contributed by atoms with van der Waals surface area (Å²) in [7, 11) is 0. The molecule has 0 heterocycles. The van der Waals surface area contributed by atoms with Gasteiger partial charge in [0.2, 0.25) is 0 Å². The number of rotatable bonds is 4.